The van der Waals surface area contributed by atoms with Crippen molar-refractivity contribution in [3.05, 3.63) is 52.1 Å². The van der Waals surface area contributed by atoms with Crippen molar-refractivity contribution in [3.8, 4) is 0 Å². The maximum absolute atomic E-state index is 12.8. The number of hydrogen-bond donors (Lipinski definition) is 1. The zero-order valence-electron chi connectivity index (χ0n) is 15.2. The van der Waals surface area contributed by atoms with Gasteiger partial charge in [-0.3, -0.25) is 9.59 Å². The number of halogens is 1. The summed E-state index contributed by atoms with van der Waals surface area (Å²) in [7, 11) is 3.12. The van der Waals surface area contributed by atoms with E-state index in [0.29, 0.717) is 31.9 Å². The second kappa shape index (κ2) is 10.8. The molecule has 0 aliphatic carbocycles. The van der Waals surface area contributed by atoms with E-state index in [0.717, 1.165) is 4.47 Å². The van der Waals surface area contributed by atoms with Gasteiger partial charge >= 0.3 is 0 Å². The van der Waals surface area contributed by atoms with Crippen LogP contribution in [-0.4, -0.2) is 62.2 Å². The summed E-state index contributed by atoms with van der Waals surface area (Å²) < 4.78 is 16.2. The van der Waals surface area contributed by atoms with Crippen molar-refractivity contribution in [2.45, 2.75) is 6.54 Å². The number of ether oxygens (including phenoxy) is 2. The molecule has 0 aliphatic heterocycles. The fraction of sp³-hybridized carbons (Fsp3) is 0.389. The van der Waals surface area contributed by atoms with Gasteiger partial charge in [-0.1, -0.05) is 15.9 Å². The molecule has 1 aromatic heterocycles. The highest BCUT2D eigenvalue weighted by Crippen LogP contribution is 2.14. The lowest BCUT2D eigenvalue weighted by Gasteiger charge is -2.21. The van der Waals surface area contributed by atoms with E-state index >= 15 is 0 Å². The second-order valence-electron chi connectivity index (χ2n) is 5.60. The number of hydrogen-bond acceptors (Lipinski definition) is 6. The summed E-state index contributed by atoms with van der Waals surface area (Å²) >= 11 is 3.35. The van der Waals surface area contributed by atoms with Crippen LogP contribution in [0.3, 0.4) is 0 Å². The number of aromatic nitrogens is 1. The van der Waals surface area contributed by atoms with E-state index in [1.807, 2.05) is 0 Å². The Hall–Kier alpha value is -2.23. The lowest BCUT2D eigenvalue weighted by atomic mass is 10.2. The van der Waals surface area contributed by atoms with Crippen LogP contribution in [0.1, 0.15) is 26.7 Å². The van der Waals surface area contributed by atoms with Gasteiger partial charge in [0.15, 0.2) is 5.69 Å². The van der Waals surface area contributed by atoms with Crippen molar-refractivity contribution in [1.29, 1.82) is 0 Å². The molecule has 2 aromatic rings. The Kier molecular flexibility index (Phi) is 8.43. The number of carbonyl (C=O) groups is 2. The first-order valence-corrected chi connectivity index (χ1v) is 9.09. The quantitative estimate of drug-likeness (QED) is 0.569. The number of methoxy groups -OCH3 is 2. The van der Waals surface area contributed by atoms with Crippen molar-refractivity contribution in [1.82, 2.24) is 15.2 Å². The largest absolute Gasteiger partial charge is 0.446 e. The highest BCUT2D eigenvalue weighted by Gasteiger charge is 2.20. The molecule has 0 fully saturated rings. The van der Waals surface area contributed by atoms with Crippen molar-refractivity contribution >= 4 is 27.7 Å². The molecule has 1 aromatic carbocycles. The summed E-state index contributed by atoms with van der Waals surface area (Å²) in [6.07, 6.45) is 1.27. The highest BCUT2D eigenvalue weighted by molar-refractivity contribution is 9.10. The molecule has 0 spiro atoms. The Labute approximate surface area is 166 Å². The van der Waals surface area contributed by atoms with Gasteiger partial charge in [0.1, 0.15) is 6.26 Å². The van der Waals surface area contributed by atoms with Gasteiger partial charge in [-0.25, -0.2) is 4.98 Å². The van der Waals surface area contributed by atoms with Gasteiger partial charge in [-0.2, -0.15) is 0 Å². The maximum atomic E-state index is 12.8. The van der Waals surface area contributed by atoms with Gasteiger partial charge in [-0.05, 0) is 24.3 Å². The normalized spacial score (nSPS) is 10.6. The summed E-state index contributed by atoms with van der Waals surface area (Å²) in [6, 6.07) is 7.07. The van der Waals surface area contributed by atoms with Crippen LogP contribution in [0, 0.1) is 0 Å². The van der Waals surface area contributed by atoms with Crippen molar-refractivity contribution in [3.63, 3.8) is 0 Å². The van der Waals surface area contributed by atoms with Gasteiger partial charge in [0.2, 0.25) is 5.89 Å². The molecule has 2 rings (SSSR count). The van der Waals surface area contributed by atoms with Crippen LogP contribution in [0.2, 0.25) is 0 Å². The van der Waals surface area contributed by atoms with Gasteiger partial charge in [0.05, 0.1) is 19.8 Å². The summed E-state index contributed by atoms with van der Waals surface area (Å²) in [5.74, 6) is -0.262. The zero-order chi connectivity index (χ0) is 19.6. The van der Waals surface area contributed by atoms with E-state index in [2.05, 4.69) is 26.2 Å². The minimum atomic E-state index is -0.357. The van der Waals surface area contributed by atoms with Crippen LogP contribution in [0.5, 0.6) is 0 Å². The molecular weight excluding hydrogens is 418 g/mol. The lowest BCUT2D eigenvalue weighted by Crippen LogP contribution is -2.33. The number of nitrogens with one attached hydrogen (secondary N) is 1. The molecule has 0 unspecified atom stereocenters. The molecular formula is C18H22BrN3O5. The SMILES string of the molecule is COCCNC(=O)c1coc(CN(CCOC)C(=O)c2ccc(Br)cc2)n1. The number of benzene rings is 1. The van der Waals surface area contributed by atoms with Crippen molar-refractivity contribution < 1.29 is 23.5 Å². The van der Waals surface area contributed by atoms with Gasteiger partial charge in [0, 0.05) is 37.3 Å². The number of amides is 2. The molecule has 2 amide bonds. The first-order chi connectivity index (χ1) is 13.0. The third-order valence-corrected chi connectivity index (χ3v) is 4.17. The van der Waals surface area contributed by atoms with Gasteiger partial charge in [-0.15, -0.1) is 0 Å². The lowest BCUT2D eigenvalue weighted by molar-refractivity contribution is 0.0662. The number of rotatable bonds is 10. The minimum Gasteiger partial charge on any atom is -0.446 e. The van der Waals surface area contributed by atoms with Crippen LogP contribution in [-0.2, 0) is 16.0 Å². The average Bonchev–Trinajstić information content (AvgIpc) is 3.14. The van der Waals surface area contributed by atoms with E-state index in [9.17, 15) is 9.59 Å². The molecule has 0 saturated heterocycles. The monoisotopic (exact) mass is 439 g/mol. The van der Waals surface area contributed by atoms with Crippen molar-refractivity contribution in [2.75, 3.05) is 40.5 Å². The molecule has 0 bridgehead atoms. The van der Waals surface area contributed by atoms with E-state index < -0.39 is 0 Å². The third kappa shape index (κ3) is 6.46. The van der Waals surface area contributed by atoms with Crippen LogP contribution in [0.25, 0.3) is 0 Å². The predicted molar refractivity (Wildman–Crippen MR) is 101 cm³/mol. The topological polar surface area (TPSA) is 93.9 Å². The zero-order valence-corrected chi connectivity index (χ0v) is 16.8. The Balaban J connectivity index is 2.06. The second-order valence-corrected chi connectivity index (χ2v) is 6.52. The first-order valence-electron chi connectivity index (χ1n) is 8.30. The molecule has 1 N–H and O–H groups in total. The predicted octanol–water partition coefficient (Wildman–Crippen LogP) is 2.10. The van der Waals surface area contributed by atoms with Crippen LogP contribution >= 0.6 is 15.9 Å². The van der Waals surface area contributed by atoms with Crippen molar-refractivity contribution in [2.24, 2.45) is 0 Å². The molecule has 0 radical (unpaired) electrons. The molecule has 146 valence electrons. The summed E-state index contributed by atoms with van der Waals surface area (Å²) in [4.78, 5) is 30.5. The maximum Gasteiger partial charge on any atom is 0.273 e. The molecule has 27 heavy (non-hydrogen) atoms. The highest BCUT2D eigenvalue weighted by atomic mass is 79.9. The Morgan fingerprint density at radius 3 is 2.56 bits per heavy atom. The molecule has 0 saturated carbocycles. The van der Waals surface area contributed by atoms with Crippen LogP contribution in [0.15, 0.2) is 39.4 Å². The first kappa shape index (κ1) is 21.1. The van der Waals surface area contributed by atoms with E-state index in [4.69, 9.17) is 13.9 Å². The Morgan fingerprint density at radius 2 is 1.89 bits per heavy atom. The third-order valence-electron chi connectivity index (χ3n) is 3.65. The van der Waals surface area contributed by atoms with E-state index in [1.54, 1.807) is 43.4 Å². The Bertz CT molecular complexity index is 748. The van der Waals surface area contributed by atoms with Gasteiger partial charge in [0.25, 0.3) is 11.8 Å². The standard InChI is InChI=1S/C18H22BrN3O5/c1-25-9-7-20-17(23)15-12-27-16(21-15)11-22(8-10-26-2)18(24)13-3-5-14(19)6-4-13/h3-6,12H,7-11H2,1-2H3,(H,20,23). The number of oxazole rings is 1. The fourth-order valence-corrected chi connectivity index (χ4v) is 2.50. The van der Waals surface area contributed by atoms with Crippen LogP contribution < -0.4 is 5.32 Å². The van der Waals surface area contributed by atoms with Gasteiger partial charge < -0.3 is 24.1 Å². The minimum absolute atomic E-state index is 0.129. The van der Waals surface area contributed by atoms with E-state index in [-0.39, 0.29) is 29.9 Å². The smallest absolute Gasteiger partial charge is 0.273 e. The Morgan fingerprint density at radius 1 is 1.19 bits per heavy atom. The molecule has 9 heteroatoms. The molecule has 0 atom stereocenters. The average molecular weight is 440 g/mol. The fourth-order valence-electron chi connectivity index (χ4n) is 2.24. The van der Waals surface area contributed by atoms with Crippen LogP contribution in [0.4, 0.5) is 0 Å². The molecule has 0 aliphatic rings. The summed E-state index contributed by atoms with van der Waals surface area (Å²) in [6.45, 7) is 1.64. The molecule has 1 heterocycles. The summed E-state index contributed by atoms with van der Waals surface area (Å²) in [5, 5.41) is 2.66. The number of carbonyl (C=O) groups excluding carboxylic acids is 2. The summed E-state index contributed by atoms with van der Waals surface area (Å²) in [5.41, 5.74) is 0.697. The number of nitrogens with zero attached hydrogens (tertiary/aromatic N) is 2. The molecule has 8 nitrogen and oxygen atoms in total. The van der Waals surface area contributed by atoms with E-state index in [1.165, 1.54) is 6.26 Å².